The van der Waals surface area contributed by atoms with Crippen molar-refractivity contribution in [3.05, 3.63) is 94.2 Å². The number of nitrogens with zero attached hydrogens (tertiary/aromatic N) is 2. The molecule has 0 spiro atoms. The first-order chi connectivity index (χ1) is 14.2. The lowest BCUT2D eigenvalue weighted by Crippen LogP contribution is -2.12. The van der Waals surface area contributed by atoms with Gasteiger partial charge in [-0.15, -0.1) is 11.3 Å². The number of halogens is 1. The molecule has 5 nitrogen and oxygen atoms in total. The van der Waals surface area contributed by atoms with Gasteiger partial charge in [-0.05, 0) is 59.7 Å². The van der Waals surface area contributed by atoms with Crippen molar-refractivity contribution in [2.24, 2.45) is 0 Å². The normalized spacial score (nSPS) is 10.5. The van der Waals surface area contributed by atoms with Crippen LogP contribution in [0.1, 0.15) is 15.2 Å². The van der Waals surface area contributed by atoms with E-state index in [-0.39, 0.29) is 5.91 Å². The summed E-state index contributed by atoms with van der Waals surface area (Å²) in [7, 11) is 0. The van der Waals surface area contributed by atoms with Crippen LogP contribution in [0.4, 0.5) is 5.82 Å². The van der Waals surface area contributed by atoms with Gasteiger partial charge >= 0.3 is 0 Å². The maximum atomic E-state index is 12.7. The highest BCUT2D eigenvalue weighted by atomic mass is 79.9. The van der Waals surface area contributed by atoms with Crippen LogP contribution in [0.5, 0.6) is 5.75 Å². The second-order valence-corrected chi connectivity index (χ2v) is 8.12. The van der Waals surface area contributed by atoms with Crippen LogP contribution in [0.3, 0.4) is 0 Å². The van der Waals surface area contributed by atoms with Gasteiger partial charge in [0.25, 0.3) is 5.91 Å². The number of hydrogen-bond donors (Lipinski definition) is 1. The Morgan fingerprint density at radius 3 is 2.59 bits per heavy atom. The average Bonchev–Trinajstić information content (AvgIpc) is 3.25. The minimum absolute atomic E-state index is 0.217. The monoisotopic (exact) mass is 465 g/mol. The number of rotatable bonds is 6. The molecule has 1 N–H and O–H groups in total. The average molecular weight is 466 g/mol. The number of aromatic nitrogens is 2. The zero-order valence-electron chi connectivity index (χ0n) is 15.2. The number of pyridine rings is 2. The molecule has 7 heteroatoms. The number of benzene rings is 1. The first-order valence-corrected chi connectivity index (χ1v) is 10.4. The van der Waals surface area contributed by atoms with Gasteiger partial charge in [-0.3, -0.25) is 9.78 Å². The van der Waals surface area contributed by atoms with E-state index in [2.05, 4.69) is 31.2 Å². The minimum Gasteiger partial charge on any atom is -0.485 e. The molecular formula is C22H16BrN3O2S. The topological polar surface area (TPSA) is 64.1 Å². The van der Waals surface area contributed by atoms with Gasteiger partial charge in [-0.1, -0.05) is 28.1 Å². The summed E-state index contributed by atoms with van der Waals surface area (Å²) in [5.74, 6) is 0.693. The molecule has 4 aromatic rings. The quantitative estimate of drug-likeness (QED) is 0.390. The second-order valence-electron chi connectivity index (χ2n) is 6.12. The third kappa shape index (κ3) is 4.88. The van der Waals surface area contributed by atoms with Crippen LogP contribution in [0.15, 0.2) is 83.7 Å². The smallest absolute Gasteiger partial charge is 0.267 e. The molecule has 0 radical (unpaired) electrons. The predicted molar refractivity (Wildman–Crippen MR) is 118 cm³/mol. The van der Waals surface area contributed by atoms with E-state index in [0.29, 0.717) is 23.1 Å². The number of thiophene rings is 1. The molecule has 0 aliphatic heterocycles. The number of ether oxygens (including phenoxy) is 1. The summed E-state index contributed by atoms with van der Waals surface area (Å²) in [4.78, 5) is 22.6. The number of nitrogens with one attached hydrogen (secondary N) is 1. The maximum absolute atomic E-state index is 12.7. The van der Waals surface area contributed by atoms with Gasteiger partial charge in [0.05, 0.1) is 4.88 Å². The van der Waals surface area contributed by atoms with Crippen molar-refractivity contribution in [2.45, 2.75) is 6.61 Å². The Bertz CT molecular complexity index is 1110. The number of carbonyl (C=O) groups excluding carboxylic acids is 1. The van der Waals surface area contributed by atoms with Gasteiger partial charge in [0, 0.05) is 27.9 Å². The molecule has 3 aromatic heterocycles. The van der Waals surface area contributed by atoms with Crippen LogP contribution in [-0.4, -0.2) is 15.9 Å². The lowest BCUT2D eigenvalue weighted by Gasteiger charge is -2.11. The molecule has 0 unspecified atom stereocenters. The summed E-state index contributed by atoms with van der Waals surface area (Å²) in [5.41, 5.74) is 2.05. The molecule has 1 amide bonds. The van der Waals surface area contributed by atoms with Gasteiger partial charge in [0.2, 0.25) is 0 Å². The van der Waals surface area contributed by atoms with Crippen LogP contribution < -0.4 is 10.1 Å². The number of hydrogen-bond acceptors (Lipinski definition) is 5. The zero-order chi connectivity index (χ0) is 20.1. The first kappa shape index (κ1) is 19.3. The van der Waals surface area contributed by atoms with Gasteiger partial charge in [0.15, 0.2) is 11.6 Å². The SMILES string of the molecule is O=C(Nc1ncccc1OCc1ccncc1)c1ccc(-c2ccc(Br)cc2)s1. The van der Waals surface area contributed by atoms with E-state index < -0.39 is 0 Å². The Kier molecular flexibility index (Phi) is 5.97. The van der Waals surface area contributed by atoms with Crippen LogP contribution in [0.25, 0.3) is 10.4 Å². The Morgan fingerprint density at radius 2 is 1.79 bits per heavy atom. The molecule has 0 atom stereocenters. The van der Waals surface area contributed by atoms with E-state index in [9.17, 15) is 4.79 Å². The summed E-state index contributed by atoms with van der Waals surface area (Å²) in [6.07, 6.45) is 5.05. The van der Waals surface area contributed by atoms with Gasteiger partial charge in [-0.25, -0.2) is 4.98 Å². The Balaban J connectivity index is 1.47. The summed E-state index contributed by atoms with van der Waals surface area (Å²) >= 11 is 4.87. The maximum Gasteiger partial charge on any atom is 0.267 e. The minimum atomic E-state index is -0.217. The van der Waals surface area contributed by atoms with Crippen LogP contribution in [0, 0.1) is 0 Å². The van der Waals surface area contributed by atoms with E-state index in [1.165, 1.54) is 11.3 Å². The first-order valence-electron chi connectivity index (χ1n) is 8.83. The largest absolute Gasteiger partial charge is 0.485 e. The molecule has 29 heavy (non-hydrogen) atoms. The highest BCUT2D eigenvalue weighted by Gasteiger charge is 2.14. The fraction of sp³-hybridized carbons (Fsp3) is 0.0455. The van der Waals surface area contributed by atoms with E-state index in [0.717, 1.165) is 20.5 Å². The van der Waals surface area contributed by atoms with E-state index in [1.54, 1.807) is 30.7 Å². The molecular weight excluding hydrogens is 450 g/mol. The van der Waals surface area contributed by atoms with E-state index in [4.69, 9.17) is 4.74 Å². The Hall–Kier alpha value is -3.03. The molecule has 0 bridgehead atoms. The summed E-state index contributed by atoms with van der Waals surface area (Å²) in [5, 5.41) is 2.85. The lowest BCUT2D eigenvalue weighted by molar-refractivity contribution is 0.102. The summed E-state index contributed by atoms with van der Waals surface area (Å²) in [6.45, 7) is 0.365. The van der Waals surface area contributed by atoms with Crippen molar-refractivity contribution in [3.63, 3.8) is 0 Å². The molecule has 144 valence electrons. The number of amides is 1. The molecule has 3 heterocycles. The fourth-order valence-corrected chi connectivity index (χ4v) is 3.81. The summed E-state index contributed by atoms with van der Waals surface area (Å²) < 4.78 is 6.86. The third-order valence-electron chi connectivity index (χ3n) is 4.10. The zero-order valence-corrected chi connectivity index (χ0v) is 17.6. The molecule has 0 saturated carbocycles. The second kappa shape index (κ2) is 8.98. The molecule has 0 aliphatic rings. The molecule has 0 saturated heterocycles. The van der Waals surface area contributed by atoms with Crippen LogP contribution in [-0.2, 0) is 6.61 Å². The molecule has 4 rings (SSSR count). The predicted octanol–water partition coefficient (Wildman–Crippen LogP) is 5.80. The molecule has 1 aromatic carbocycles. The Morgan fingerprint density at radius 1 is 1.00 bits per heavy atom. The van der Waals surface area contributed by atoms with Crippen molar-refractivity contribution >= 4 is 39.0 Å². The van der Waals surface area contributed by atoms with Gasteiger partial charge in [0.1, 0.15) is 6.61 Å². The van der Waals surface area contributed by atoms with Crippen molar-refractivity contribution < 1.29 is 9.53 Å². The van der Waals surface area contributed by atoms with Crippen molar-refractivity contribution in [3.8, 4) is 16.2 Å². The standard InChI is InChI=1S/C22H16BrN3O2S/c23-17-5-3-16(4-6-17)19-7-8-20(29-19)22(27)26-21-18(2-1-11-25-21)28-14-15-9-12-24-13-10-15/h1-13H,14H2,(H,25,26,27). The van der Waals surface area contributed by atoms with Gasteiger partial charge in [-0.2, -0.15) is 0 Å². The summed E-state index contributed by atoms with van der Waals surface area (Å²) in [6, 6.07) is 19.1. The Labute approximate surface area is 180 Å². The number of anilines is 1. The van der Waals surface area contributed by atoms with Crippen molar-refractivity contribution in [2.75, 3.05) is 5.32 Å². The fourth-order valence-electron chi connectivity index (χ4n) is 2.64. The van der Waals surface area contributed by atoms with Crippen LogP contribution in [0.2, 0.25) is 0 Å². The van der Waals surface area contributed by atoms with E-state index >= 15 is 0 Å². The molecule has 0 fully saturated rings. The molecule has 0 aliphatic carbocycles. The highest BCUT2D eigenvalue weighted by molar-refractivity contribution is 9.10. The van der Waals surface area contributed by atoms with Crippen molar-refractivity contribution in [1.82, 2.24) is 9.97 Å². The number of carbonyl (C=O) groups is 1. The van der Waals surface area contributed by atoms with Gasteiger partial charge < -0.3 is 10.1 Å². The third-order valence-corrected chi connectivity index (χ3v) is 5.77. The van der Waals surface area contributed by atoms with Crippen LogP contribution >= 0.6 is 27.3 Å². The highest BCUT2D eigenvalue weighted by Crippen LogP contribution is 2.30. The van der Waals surface area contributed by atoms with E-state index in [1.807, 2.05) is 48.5 Å². The van der Waals surface area contributed by atoms with Crippen molar-refractivity contribution in [1.29, 1.82) is 0 Å². The lowest BCUT2D eigenvalue weighted by atomic mass is 10.2.